The SMILES string of the molecule is C/C=C(\C)C(=O)O.C=CC(=O)OCC(CC)CCCC.C=CC(=O)OCCO.C=Cc1ccccc1. The van der Waals surface area contributed by atoms with Gasteiger partial charge < -0.3 is 19.7 Å². The molecular formula is C29H44O7. The summed E-state index contributed by atoms with van der Waals surface area (Å²) in [6, 6.07) is 10.0. The number of carboxylic acid groups (broad SMARTS) is 1. The van der Waals surface area contributed by atoms with Crippen molar-refractivity contribution in [2.24, 2.45) is 5.92 Å². The molecule has 0 bridgehead atoms. The Labute approximate surface area is 216 Å². The van der Waals surface area contributed by atoms with Crippen molar-refractivity contribution in [3.05, 3.63) is 79.4 Å². The van der Waals surface area contributed by atoms with Crippen molar-refractivity contribution < 1.29 is 34.1 Å². The number of carboxylic acids is 1. The van der Waals surface area contributed by atoms with Crippen LogP contribution in [-0.4, -0.2) is 47.9 Å². The van der Waals surface area contributed by atoms with Gasteiger partial charge in [0, 0.05) is 17.7 Å². The molecule has 0 saturated carbocycles. The minimum atomic E-state index is -0.845. The molecule has 1 aromatic rings. The number of aliphatic carboxylic acids is 1. The summed E-state index contributed by atoms with van der Waals surface area (Å²) in [6.45, 7) is 18.1. The van der Waals surface area contributed by atoms with E-state index in [-0.39, 0.29) is 19.2 Å². The van der Waals surface area contributed by atoms with E-state index in [0.29, 0.717) is 18.1 Å². The number of hydrogen-bond acceptors (Lipinski definition) is 6. The monoisotopic (exact) mass is 504 g/mol. The summed E-state index contributed by atoms with van der Waals surface area (Å²) in [7, 11) is 0. The lowest BCUT2D eigenvalue weighted by Gasteiger charge is -2.13. The first kappa shape index (κ1) is 37.1. The fraction of sp³-hybridized carbons (Fsp3) is 0.414. The van der Waals surface area contributed by atoms with Crippen LogP contribution in [0.15, 0.2) is 73.9 Å². The Morgan fingerprint density at radius 2 is 1.56 bits per heavy atom. The highest BCUT2D eigenvalue weighted by atomic mass is 16.5. The third-order valence-electron chi connectivity index (χ3n) is 4.48. The number of carbonyl (C=O) groups excluding carboxylic acids is 2. The molecule has 0 spiro atoms. The maximum absolute atomic E-state index is 10.8. The van der Waals surface area contributed by atoms with Gasteiger partial charge >= 0.3 is 17.9 Å². The molecule has 0 radical (unpaired) electrons. The lowest BCUT2D eigenvalue weighted by molar-refractivity contribution is -0.139. The van der Waals surface area contributed by atoms with Gasteiger partial charge in [0.25, 0.3) is 0 Å². The quantitative estimate of drug-likeness (QED) is 0.265. The van der Waals surface area contributed by atoms with Crippen molar-refractivity contribution in [2.75, 3.05) is 19.8 Å². The number of benzene rings is 1. The summed E-state index contributed by atoms with van der Waals surface area (Å²) >= 11 is 0. The van der Waals surface area contributed by atoms with E-state index in [1.165, 1.54) is 24.5 Å². The molecule has 0 aliphatic heterocycles. The highest BCUT2D eigenvalue weighted by Gasteiger charge is 2.07. The summed E-state index contributed by atoms with van der Waals surface area (Å²) in [6.07, 6.45) is 10.3. The standard InChI is InChI=1S/C11H20O2.C8H8.C5H8O3.C5H8O2/c1-4-7-8-10(5-2)9-13-11(12)6-3;1-2-8-6-4-3-5-7-8;1-2-5(7)8-4-3-6;1-3-4(2)5(6)7/h6,10H,3-5,7-9H2,1-2H3;2-7H,1H2;2,6H,1,3-4H2;3H,1-2H3,(H,6,7)/b;;;4-3+. The van der Waals surface area contributed by atoms with Gasteiger partial charge in [-0.2, -0.15) is 0 Å². The number of hydrogen-bond donors (Lipinski definition) is 2. The third-order valence-corrected chi connectivity index (χ3v) is 4.48. The zero-order chi connectivity index (χ0) is 28.2. The number of rotatable bonds is 12. The van der Waals surface area contributed by atoms with Crippen LogP contribution in [-0.2, 0) is 23.9 Å². The van der Waals surface area contributed by atoms with Gasteiger partial charge in [0.15, 0.2) is 0 Å². The Bertz CT molecular complexity index is 767. The first-order chi connectivity index (χ1) is 17.2. The predicted molar refractivity (Wildman–Crippen MR) is 146 cm³/mol. The highest BCUT2D eigenvalue weighted by Crippen LogP contribution is 2.12. The zero-order valence-electron chi connectivity index (χ0n) is 22.3. The van der Waals surface area contributed by atoms with Crippen LogP contribution >= 0.6 is 0 Å². The second-order valence-corrected chi connectivity index (χ2v) is 7.24. The molecule has 202 valence electrons. The topological polar surface area (TPSA) is 110 Å². The molecule has 7 heteroatoms. The molecule has 0 heterocycles. The number of esters is 2. The molecule has 1 rings (SSSR count). The van der Waals surface area contributed by atoms with Crippen LogP contribution < -0.4 is 0 Å². The van der Waals surface area contributed by atoms with E-state index in [0.717, 1.165) is 18.9 Å². The summed E-state index contributed by atoms with van der Waals surface area (Å²) in [5, 5.41) is 16.2. The van der Waals surface area contributed by atoms with Gasteiger partial charge in [-0.1, -0.05) is 95.3 Å². The van der Waals surface area contributed by atoms with Crippen molar-refractivity contribution in [1.82, 2.24) is 0 Å². The molecule has 36 heavy (non-hydrogen) atoms. The van der Waals surface area contributed by atoms with Gasteiger partial charge in [-0.25, -0.2) is 14.4 Å². The molecule has 1 atom stereocenters. The molecule has 1 unspecified atom stereocenters. The van der Waals surface area contributed by atoms with Gasteiger partial charge in [-0.05, 0) is 31.7 Å². The maximum Gasteiger partial charge on any atom is 0.330 e. The molecule has 0 aromatic heterocycles. The number of allylic oxidation sites excluding steroid dienone is 1. The minimum absolute atomic E-state index is 0.0465. The lowest BCUT2D eigenvalue weighted by atomic mass is 10.0. The van der Waals surface area contributed by atoms with Gasteiger partial charge in [0.1, 0.15) is 6.61 Å². The molecular weight excluding hydrogens is 460 g/mol. The van der Waals surface area contributed by atoms with Crippen molar-refractivity contribution >= 4 is 24.0 Å². The Kier molecular flexibility index (Phi) is 28.6. The maximum atomic E-state index is 10.8. The van der Waals surface area contributed by atoms with E-state index < -0.39 is 11.9 Å². The van der Waals surface area contributed by atoms with E-state index in [2.05, 4.69) is 38.3 Å². The van der Waals surface area contributed by atoms with Crippen molar-refractivity contribution in [2.45, 2.75) is 53.4 Å². The second kappa shape index (κ2) is 27.8. The summed E-state index contributed by atoms with van der Waals surface area (Å²) in [4.78, 5) is 30.7. The van der Waals surface area contributed by atoms with Crippen molar-refractivity contribution in [3.8, 4) is 0 Å². The molecule has 0 aliphatic rings. The molecule has 0 aliphatic carbocycles. The van der Waals surface area contributed by atoms with E-state index in [4.69, 9.17) is 14.9 Å². The molecule has 0 saturated heterocycles. The third kappa shape index (κ3) is 26.8. The first-order valence-corrected chi connectivity index (χ1v) is 11.9. The highest BCUT2D eigenvalue weighted by molar-refractivity contribution is 5.85. The van der Waals surface area contributed by atoms with Gasteiger partial charge in [0.05, 0.1) is 13.2 Å². The minimum Gasteiger partial charge on any atom is -0.478 e. The molecule has 0 fully saturated rings. The molecule has 7 nitrogen and oxygen atoms in total. The number of ether oxygens (including phenoxy) is 2. The average Bonchev–Trinajstić information content (AvgIpc) is 2.92. The normalized spacial score (nSPS) is 10.3. The second-order valence-electron chi connectivity index (χ2n) is 7.24. The zero-order valence-corrected chi connectivity index (χ0v) is 22.3. The smallest absolute Gasteiger partial charge is 0.330 e. The van der Waals surface area contributed by atoms with Gasteiger partial charge in [-0.3, -0.25) is 0 Å². The number of aliphatic hydroxyl groups excluding tert-OH is 1. The number of unbranched alkanes of at least 4 members (excludes halogenated alkanes) is 1. The van der Waals surface area contributed by atoms with Crippen LogP contribution in [0.2, 0.25) is 0 Å². The summed E-state index contributed by atoms with van der Waals surface area (Å²) in [5.74, 6) is -1.14. The fourth-order valence-corrected chi connectivity index (χ4v) is 2.07. The average molecular weight is 505 g/mol. The summed E-state index contributed by atoms with van der Waals surface area (Å²) in [5.41, 5.74) is 1.56. The van der Waals surface area contributed by atoms with Crippen molar-refractivity contribution in [1.29, 1.82) is 0 Å². The number of carbonyl (C=O) groups is 3. The van der Waals surface area contributed by atoms with Gasteiger partial charge in [-0.15, -0.1) is 0 Å². The van der Waals surface area contributed by atoms with Crippen LogP contribution in [0.3, 0.4) is 0 Å². The number of aliphatic hydroxyl groups is 1. The Hall–Kier alpha value is -3.45. The predicted octanol–water partition coefficient (Wildman–Crippen LogP) is 6.01. The van der Waals surface area contributed by atoms with Gasteiger partial charge in [0.2, 0.25) is 0 Å². The van der Waals surface area contributed by atoms with Crippen molar-refractivity contribution in [3.63, 3.8) is 0 Å². The Morgan fingerprint density at radius 3 is 1.89 bits per heavy atom. The lowest BCUT2D eigenvalue weighted by Crippen LogP contribution is -2.12. The van der Waals surface area contributed by atoms with Crippen LogP contribution in [0.1, 0.15) is 58.9 Å². The Balaban J connectivity index is -0.000000417. The van der Waals surface area contributed by atoms with E-state index in [1.807, 2.05) is 36.4 Å². The summed E-state index contributed by atoms with van der Waals surface area (Å²) < 4.78 is 9.32. The largest absolute Gasteiger partial charge is 0.478 e. The van der Waals surface area contributed by atoms with Crippen LogP contribution in [0.5, 0.6) is 0 Å². The Morgan fingerprint density at radius 1 is 1.00 bits per heavy atom. The first-order valence-electron chi connectivity index (χ1n) is 11.9. The molecule has 2 N–H and O–H groups in total. The van der Waals surface area contributed by atoms with Crippen LogP contribution in [0.4, 0.5) is 0 Å². The molecule has 1 aromatic carbocycles. The van der Waals surface area contributed by atoms with Crippen LogP contribution in [0.25, 0.3) is 6.08 Å². The fourth-order valence-electron chi connectivity index (χ4n) is 2.07. The van der Waals surface area contributed by atoms with E-state index in [9.17, 15) is 14.4 Å². The van der Waals surface area contributed by atoms with E-state index in [1.54, 1.807) is 19.9 Å². The van der Waals surface area contributed by atoms with Crippen LogP contribution in [0, 0.1) is 5.92 Å². The molecule has 0 amide bonds. The van der Waals surface area contributed by atoms with E-state index >= 15 is 0 Å².